The van der Waals surface area contributed by atoms with Crippen LogP contribution in [0.4, 0.5) is 0 Å². The number of nitrogens with one attached hydrogen (secondary N) is 1. The van der Waals surface area contributed by atoms with Crippen molar-refractivity contribution in [1.29, 1.82) is 0 Å². The SMILES string of the molecule is Cn1c(CCC[NH+]=C(N)N)cn2cccc2c1=O. The van der Waals surface area contributed by atoms with Crippen molar-refractivity contribution in [2.45, 2.75) is 12.8 Å². The lowest BCUT2D eigenvalue weighted by molar-refractivity contribution is -0.459. The molecule has 0 fully saturated rings. The maximum atomic E-state index is 12.0. The normalized spacial score (nSPS) is 10.7. The third kappa shape index (κ3) is 2.37. The highest BCUT2D eigenvalue weighted by Gasteiger charge is 2.05. The number of nitrogens with zero attached hydrogens (tertiary/aromatic N) is 2. The second kappa shape index (κ2) is 4.95. The molecule has 0 saturated carbocycles. The lowest BCUT2D eigenvalue weighted by Gasteiger charge is -2.08. The summed E-state index contributed by atoms with van der Waals surface area (Å²) < 4.78 is 3.54. The number of aromatic nitrogens is 2. The summed E-state index contributed by atoms with van der Waals surface area (Å²) in [7, 11) is 1.79. The van der Waals surface area contributed by atoms with Crippen LogP contribution in [0.3, 0.4) is 0 Å². The molecule has 0 aliphatic carbocycles. The molecule has 0 aromatic carbocycles. The summed E-state index contributed by atoms with van der Waals surface area (Å²) in [5, 5.41) is 0. The average Bonchev–Trinajstić information content (AvgIpc) is 2.78. The van der Waals surface area contributed by atoms with E-state index in [1.54, 1.807) is 11.6 Å². The Morgan fingerprint density at radius 2 is 2.22 bits per heavy atom. The van der Waals surface area contributed by atoms with Crippen LogP contribution in [0.5, 0.6) is 0 Å². The highest BCUT2D eigenvalue weighted by atomic mass is 16.1. The largest absolute Gasteiger partial charge is 0.338 e. The van der Waals surface area contributed by atoms with Gasteiger partial charge in [-0.3, -0.25) is 21.3 Å². The summed E-state index contributed by atoms with van der Waals surface area (Å²) >= 11 is 0. The highest BCUT2D eigenvalue weighted by molar-refractivity contribution is 5.69. The van der Waals surface area contributed by atoms with E-state index in [0.29, 0.717) is 12.1 Å². The molecule has 6 nitrogen and oxygen atoms in total. The molecule has 2 heterocycles. The summed E-state index contributed by atoms with van der Waals surface area (Å²) in [6.45, 7) is 0.695. The maximum Gasteiger partial charge on any atom is 0.338 e. The molecule has 0 saturated heterocycles. The standard InChI is InChI=1S/C12H17N5O/c1-16-9(4-2-6-15-12(13)14)8-17-7-3-5-10(17)11(16)18/h3,5,7-8H,2,4,6H2,1H3,(H4,13,14,15)/p+1. The zero-order valence-electron chi connectivity index (χ0n) is 10.4. The Kier molecular flexibility index (Phi) is 3.36. The summed E-state index contributed by atoms with van der Waals surface area (Å²) in [6.07, 6.45) is 5.51. The predicted octanol–water partition coefficient (Wildman–Crippen LogP) is -2.08. The topological polar surface area (TPSA) is 92.4 Å². The molecule has 2 rings (SSSR count). The van der Waals surface area contributed by atoms with Gasteiger partial charge < -0.3 is 8.97 Å². The number of rotatable bonds is 4. The smallest absolute Gasteiger partial charge is 0.317 e. The Bertz CT molecular complexity index is 633. The van der Waals surface area contributed by atoms with Crippen LogP contribution >= 0.6 is 0 Å². The van der Waals surface area contributed by atoms with Gasteiger partial charge in [0.05, 0.1) is 6.54 Å². The fourth-order valence-electron chi connectivity index (χ4n) is 1.97. The van der Waals surface area contributed by atoms with Gasteiger partial charge in [-0.15, -0.1) is 0 Å². The van der Waals surface area contributed by atoms with E-state index >= 15 is 0 Å². The van der Waals surface area contributed by atoms with Crippen LogP contribution in [0.2, 0.25) is 0 Å². The van der Waals surface area contributed by atoms with Gasteiger partial charge in [0.1, 0.15) is 5.52 Å². The van der Waals surface area contributed by atoms with E-state index in [-0.39, 0.29) is 11.5 Å². The molecule has 2 aromatic heterocycles. The Morgan fingerprint density at radius 3 is 2.94 bits per heavy atom. The lowest BCUT2D eigenvalue weighted by atomic mass is 10.2. The van der Waals surface area contributed by atoms with Crippen molar-refractivity contribution < 1.29 is 4.99 Å². The van der Waals surface area contributed by atoms with Crippen molar-refractivity contribution in [3.63, 3.8) is 0 Å². The van der Waals surface area contributed by atoms with Gasteiger partial charge in [0.2, 0.25) is 0 Å². The second-order valence-electron chi connectivity index (χ2n) is 4.27. The van der Waals surface area contributed by atoms with E-state index in [1.807, 2.05) is 28.9 Å². The number of hydrogen-bond donors (Lipinski definition) is 3. The number of aryl methyl sites for hydroxylation is 1. The fourth-order valence-corrected chi connectivity index (χ4v) is 1.97. The first-order chi connectivity index (χ1) is 8.59. The first-order valence-electron chi connectivity index (χ1n) is 5.87. The summed E-state index contributed by atoms with van der Waals surface area (Å²) in [6, 6.07) is 3.68. The molecule has 96 valence electrons. The van der Waals surface area contributed by atoms with Gasteiger partial charge in [0.25, 0.3) is 5.56 Å². The Labute approximate surface area is 105 Å². The molecule has 0 spiro atoms. The third-order valence-electron chi connectivity index (χ3n) is 2.96. The predicted molar refractivity (Wildman–Crippen MR) is 70.2 cm³/mol. The van der Waals surface area contributed by atoms with Crippen molar-refractivity contribution in [2.24, 2.45) is 18.5 Å². The minimum Gasteiger partial charge on any atom is -0.317 e. The monoisotopic (exact) mass is 248 g/mol. The Balaban J connectivity index is 2.20. The summed E-state index contributed by atoms with van der Waals surface area (Å²) in [5.74, 6) is 0.227. The van der Waals surface area contributed by atoms with Gasteiger partial charge >= 0.3 is 5.96 Å². The number of guanidine groups is 1. The van der Waals surface area contributed by atoms with E-state index in [1.165, 1.54) is 0 Å². The molecular weight excluding hydrogens is 230 g/mol. The average molecular weight is 248 g/mol. The second-order valence-corrected chi connectivity index (χ2v) is 4.27. The van der Waals surface area contributed by atoms with Crippen molar-refractivity contribution in [2.75, 3.05) is 6.54 Å². The molecule has 2 aromatic rings. The minimum atomic E-state index is 0.0235. The number of nitrogens with two attached hydrogens (primary N) is 2. The van der Waals surface area contributed by atoms with Gasteiger partial charge in [-0.1, -0.05) is 0 Å². The first kappa shape index (κ1) is 12.2. The minimum absolute atomic E-state index is 0.0235. The van der Waals surface area contributed by atoms with Crippen LogP contribution in [-0.2, 0) is 13.5 Å². The Hall–Kier alpha value is -2.24. The number of hydrogen-bond acceptors (Lipinski definition) is 1. The van der Waals surface area contributed by atoms with Crippen LogP contribution in [0.25, 0.3) is 5.52 Å². The molecule has 18 heavy (non-hydrogen) atoms. The molecule has 5 N–H and O–H groups in total. The molecule has 0 bridgehead atoms. The van der Waals surface area contributed by atoms with E-state index < -0.39 is 0 Å². The van der Waals surface area contributed by atoms with Crippen molar-refractivity contribution in [3.05, 3.63) is 40.6 Å². The van der Waals surface area contributed by atoms with Crippen LogP contribution < -0.4 is 22.0 Å². The first-order valence-corrected chi connectivity index (χ1v) is 5.87. The van der Waals surface area contributed by atoms with Gasteiger partial charge in [-0.05, 0) is 25.0 Å². The quantitative estimate of drug-likeness (QED) is 0.329. The molecule has 0 unspecified atom stereocenters. The van der Waals surface area contributed by atoms with Crippen molar-refractivity contribution in [3.8, 4) is 0 Å². The zero-order valence-corrected chi connectivity index (χ0v) is 10.4. The van der Waals surface area contributed by atoms with Gasteiger partial charge in [0, 0.05) is 25.1 Å². The molecule has 0 amide bonds. The summed E-state index contributed by atoms with van der Waals surface area (Å²) in [5.41, 5.74) is 12.3. The highest BCUT2D eigenvalue weighted by Crippen LogP contribution is 2.04. The van der Waals surface area contributed by atoms with Gasteiger partial charge in [0.15, 0.2) is 0 Å². The van der Waals surface area contributed by atoms with Crippen molar-refractivity contribution in [1.82, 2.24) is 8.97 Å². The molecule has 0 aliphatic heterocycles. The van der Waals surface area contributed by atoms with E-state index in [0.717, 1.165) is 18.5 Å². The van der Waals surface area contributed by atoms with Crippen LogP contribution in [-0.4, -0.2) is 21.5 Å². The van der Waals surface area contributed by atoms with Crippen LogP contribution in [0.1, 0.15) is 12.1 Å². The molecular formula is C12H18N5O+. The van der Waals surface area contributed by atoms with E-state index in [2.05, 4.69) is 4.99 Å². The van der Waals surface area contributed by atoms with E-state index in [4.69, 9.17) is 11.5 Å². The maximum absolute atomic E-state index is 12.0. The Morgan fingerprint density at radius 1 is 1.44 bits per heavy atom. The molecule has 0 aliphatic rings. The van der Waals surface area contributed by atoms with Gasteiger partial charge in [-0.2, -0.15) is 0 Å². The molecule has 0 radical (unpaired) electrons. The lowest BCUT2D eigenvalue weighted by Crippen LogP contribution is -2.78. The summed E-state index contributed by atoms with van der Waals surface area (Å²) in [4.78, 5) is 14.9. The fraction of sp³-hybridized carbons (Fsp3) is 0.333. The molecule has 6 heteroatoms. The zero-order chi connectivity index (χ0) is 13.1. The van der Waals surface area contributed by atoms with Gasteiger partial charge in [-0.25, -0.2) is 0 Å². The molecule has 0 atom stereocenters. The number of fused-ring (bicyclic) bond motifs is 1. The third-order valence-corrected chi connectivity index (χ3v) is 2.96. The van der Waals surface area contributed by atoms with Crippen molar-refractivity contribution >= 4 is 11.5 Å². The van der Waals surface area contributed by atoms with Crippen LogP contribution in [0.15, 0.2) is 29.3 Å². The van der Waals surface area contributed by atoms with E-state index in [9.17, 15) is 4.79 Å². The van der Waals surface area contributed by atoms with Crippen LogP contribution in [0, 0.1) is 0 Å².